The van der Waals surface area contributed by atoms with Gasteiger partial charge in [0.25, 0.3) is 5.91 Å². The second-order valence-corrected chi connectivity index (χ2v) is 7.22. The molecule has 142 valence electrons. The van der Waals surface area contributed by atoms with Crippen LogP contribution in [0.25, 0.3) is 11.3 Å². The third-order valence-electron chi connectivity index (χ3n) is 5.16. The van der Waals surface area contributed by atoms with Crippen molar-refractivity contribution in [2.45, 2.75) is 13.8 Å². The zero-order chi connectivity index (χ0) is 19.5. The van der Waals surface area contributed by atoms with Crippen LogP contribution in [0.1, 0.15) is 21.5 Å². The summed E-state index contributed by atoms with van der Waals surface area (Å²) in [6.45, 7) is 7.07. The molecule has 1 aliphatic rings. The molecule has 0 spiro atoms. The number of benzene rings is 1. The first kappa shape index (κ1) is 18.2. The molecule has 28 heavy (non-hydrogen) atoms. The normalized spacial score (nSPS) is 14.2. The van der Waals surface area contributed by atoms with Crippen LogP contribution < -0.4 is 4.90 Å². The molecule has 2 aromatic heterocycles. The molecule has 1 aromatic carbocycles. The summed E-state index contributed by atoms with van der Waals surface area (Å²) in [7, 11) is 0. The average Bonchev–Trinajstić information content (AvgIpc) is 2.74. The molecule has 0 atom stereocenters. The Balaban J connectivity index is 1.46. The number of rotatable bonds is 3. The van der Waals surface area contributed by atoms with Gasteiger partial charge in [-0.15, -0.1) is 0 Å². The van der Waals surface area contributed by atoms with Crippen molar-refractivity contribution in [3.63, 3.8) is 0 Å². The van der Waals surface area contributed by atoms with Crippen molar-refractivity contribution in [3.05, 3.63) is 77.6 Å². The van der Waals surface area contributed by atoms with E-state index in [1.165, 1.54) is 5.56 Å². The maximum absolute atomic E-state index is 13.0. The van der Waals surface area contributed by atoms with Crippen LogP contribution >= 0.6 is 0 Å². The van der Waals surface area contributed by atoms with E-state index >= 15 is 0 Å². The Morgan fingerprint density at radius 2 is 1.75 bits per heavy atom. The molecular weight excluding hydrogens is 348 g/mol. The molecule has 0 radical (unpaired) electrons. The fourth-order valence-corrected chi connectivity index (χ4v) is 3.56. The zero-order valence-electron chi connectivity index (χ0n) is 16.3. The topological polar surface area (TPSA) is 49.3 Å². The van der Waals surface area contributed by atoms with E-state index in [0.717, 1.165) is 35.7 Å². The average molecular weight is 372 g/mol. The van der Waals surface area contributed by atoms with Crippen molar-refractivity contribution in [1.29, 1.82) is 0 Å². The van der Waals surface area contributed by atoms with Crippen LogP contribution in [0.15, 0.2) is 60.9 Å². The van der Waals surface area contributed by atoms with E-state index in [0.29, 0.717) is 18.7 Å². The first-order chi connectivity index (χ1) is 13.6. The number of hydrogen-bond acceptors (Lipinski definition) is 4. The Morgan fingerprint density at radius 1 is 0.929 bits per heavy atom. The number of pyridine rings is 2. The van der Waals surface area contributed by atoms with E-state index in [2.05, 4.69) is 27.9 Å². The second kappa shape index (κ2) is 7.80. The van der Waals surface area contributed by atoms with Crippen LogP contribution in [-0.2, 0) is 0 Å². The van der Waals surface area contributed by atoms with Gasteiger partial charge in [-0.25, -0.2) is 4.98 Å². The quantitative estimate of drug-likeness (QED) is 0.703. The lowest BCUT2D eigenvalue weighted by molar-refractivity contribution is 0.0746. The maximum atomic E-state index is 13.0. The fourth-order valence-electron chi connectivity index (χ4n) is 3.56. The lowest BCUT2D eigenvalue weighted by Crippen LogP contribution is -2.49. The van der Waals surface area contributed by atoms with Crippen molar-refractivity contribution >= 4 is 11.7 Å². The minimum absolute atomic E-state index is 0.0753. The van der Waals surface area contributed by atoms with Gasteiger partial charge in [-0.05, 0) is 49.2 Å². The van der Waals surface area contributed by atoms with Gasteiger partial charge in [-0.3, -0.25) is 9.78 Å². The van der Waals surface area contributed by atoms with Gasteiger partial charge < -0.3 is 9.80 Å². The monoisotopic (exact) mass is 372 g/mol. The molecule has 4 rings (SSSR count). The van der Waals surface area contributed by atoms with Crippen molar-refractivity contribution in [2.75, 3.05) is 31.1 Å². The number of hydrogen-bond donors (Lipinski definition) is 0. The van der Waals surface area contributed by atoms with Gasteiger partial charge >= 0.3 is 0 Å². The van der Waals surface area contributed by atoms with E-state index < -0.39 is 0 Å². The minimum atomic E-state index is 0.0753. The number of piperazine rings is 1. The molecule has 0 aliphatic carbocycles. The number of amides is 1. The van der Waals surface area contributed by atoms with Crippen LogP contribution in [0, 0.1) is 13.8 Å². The van der Waals surface area contributed by atoms with Crippen LogP contribution in [0.5, 0.6) is 0 Å². The number of carbonyl (C=O) groups is 1. The molecule has 0 N–H and O–H groups in total. The summed E-state index contributed by atoms with van der Waals surface area (Å²) in [5, 5.41) is 0. The van der Waals surface area contributed by atoms with E-state index in [-0.39, 0.29) is 5.91 Å². The molecule has 1 aliphatic heterocycles. The predicted molar refractivity (Wildman–Crippen MR) is 112 cm³/mol. The summed E-state index contributed by atoms with van der Waals surface area (Å²) in [5.74, 6) is 1.09. The third-order valence-corrected chi connectivity index (χ3v) is 5.16. The lowest BCUT2D eigenvalue weighted by atomic mass is 10.1. The molecule has 1 saturated heterocycles. The number of carbonyl (C=O) groups excluding carboxylic acids is 1. The molecule has 1 fully saturated rings. The summed E-state index contributed by atoms with van der Waals surface area (Å²) in [6, 6.07) is 15.8. The summed E-state index contributed by atoms with van der Waals surface area (Å²) in [5.41, 5.74) is 4.85. The van der Waals surface area contributed by atoms with Gasteiger partial charge in [0.2, 0.25) is 0 Å². The lowest BCUT2D eigenvalue weighted by Gasteiger charge is -2.36. The number of anilines is 1. The summed E-state index contributed by atoms with van der Waals surface area (Å²) in [6.07, 6.45) is 3.67. The van der Waals surface area contributed by atoms with Gasteiger partial charge in [0, 0.05) is 49.7 Å². The molecule has 0 bridgehead atoms. The van der Waals surface area contributed by atoms with Gasteiger partial charge in [0.15, 0.2) is 0 Å². The van der Waals surface area contributed by atoms with Crippen LogP contribution in [-0.4, -0.2) is 47.0 Å². The molecule has 0 unspecified atom stereocenters. The Bertz CT molecular complexity index is 976. The van der Waals surface area contributed by atoms with E-state index in [4.69, 9.17) is 0 Å². The number of nitrogens with zero attached hydrogens (tertiary/aromatic N) is 4. The first-order valence-corrected chi connectivity index (χ1v) is 9.61. The number of aryl methyl sites for hydroxylation is 2. The molecule has 5 nitrogen and oxygen atoms in total. The summed E-state index contributed by atoms with van der Waals surface area (Å²) < 4.78 is 0. The largest absolute Gasteiger partial charge is 0.353 e. The Morgan fingerprint density at radius 3 is 2.46 bits per heavy atom. The van der Waals surface area contributed by atoms with Crippen LogP contribution in [0.2, 0.25) is 0 Å². The summed E-state index contributed by atoms with van der Waals surface area (Å²) >= 11 is 0. The highest BCUT2D eigenvalue weighted by molar-refractivity contribution is 5.95. The van der Waals surface area contributed by atoms with Crippen molar-refractivity contribution in [2.24, 2.45) is 0 Å². The van der Waals surface area contributed by atoms with Crippen LogP contribution in [0.3, 0.4) is 0 Å². The molecular formula is C23H24N4O. The smallest absolute Gasteiger partial charge is 0.253 e. The Kier molecular flexibility index (Phi) is 5.06. The molecule has 5 heteroatoms. The van der Waals surface area contributed by atoms with Gasteiger partial charge in [0.1, 0.15) is 5.82 Å². The van der Waals surface area contributed by atoms with Crippen molar-refractivity contribution in [1.82, 2.24) is 14.9 Å². The number of aromatic nitrogens is 2. The van der Waals surface area contributed by atoms with Crippen molar-refractivity contribution < 1.29 is 4.79 Å². The SMILES string of the molecule is Cc1ccc(-c2cccc(C(=O)N3CCN(c4ncccc4C)CC3)c2)nc1. The first-order valence-electron chi connectivity index (χ1n) is 9.61. The predicted octanol–water partition coefficient (Wildman–Crippen LogP) is 3.72. The fraction of sp³-hybridized carbons (Fsp3) is 0.261. The molecule has 3 aromatic rings. The minimum Gasteiger partial charge on any atom is -0.353 e. The Hall–Kier alpha value is -3.21. The van der Waals surface area contributed by atoms with Crippen molar-refractivity contribution in [3.8, 4) is 11.3 Å². The second-order valence-electron chi connectivity index (χ2n) is 7.22. The summed E-state index contributed by atoms with van der Waals surface area (Å²) in [4.78, 5) is 26.2. The molecule has 0 saturated carbocycles. The van der Waals surface area contributed by atoms with Crippen LogP contribution in [0.4, 0.5) is 5.82 Å². The van der Waals surface area contributed by atoms with Gasteiger partial charge in [0.05, 0.1) is 5.69 Å². The maximum Gasteiger partial charge on any atom is 0.253 e. The zero-order valence-corrected chi connectivity index (χ0v) is 16.3. The van der Waals surface area contributed by atoms with Gasteiger partial charge in [-0.1, -0.05) is 24.3 Å². The highest BCUT2D eigenvalue weighted by Crippen LogP contribution is 2.21. The Labute approximate surface area is 165 Å². The van der Waals surface area contributed by atoms with E-state index in [1.807, 2.05) is 66.7 Å². The highest BCUT2D eigenvalue weighted by Gasteiger charge is 2.23. The molecule has 3 heterocycles. The van der Waals surface area contributed by atoms with E-state index in [9.17, 15) is 4.79 Å². The standard InChI is InChI=1S/C23H24N4O/c1-17-8-9-21(25-16-17)19-6-3-7-20(15-19)23(28)27-13-11-26(12-14-27)22-18(2)5-4-10-24-22/h3-10,15-16H,11-14H2,1-2H3. The third kappa shape index (κ3) is 3.74. The molecule has 1 amide bonds. The van der Waals surface area contributed by atoms with E-state index in [1.54, 1.807) is 0 Å². The van der Waals surface area contributed by atoms with Gasteiger partial charge in [-0.2, -0.15) is 0 Å². The highest BCUT2D eigenvalue weighted by atomic mass is 16.2.